The topological polar surface area (TPSA) is 61.8 Å². The number of ether oxygens (including phenoxy) is 1. The van der Waals surface area contributed by atoms with Gasteiger partial charge in [-0.1, -0.05) is 20.8 Å². The van der Waals surface area contributed by atoms with E-state index >= 15 is 0 Å². The highest BCUT2D eigenvalue weighted by Gasteiger charge is 2.37. The third kappa shape index (κ3) is 5.71. The van der Waals surface area contributed by atoms with Crippen molar-refractivity contribution in [3.63, 3.8) is 0 Å². The summed E-state index contributed by atoms with van der Waals surface area (Å²) in [7, 11) is 0. The Morgan fingerprint density at radius 3 is 2.42 bits per heavy atom. The van der Waals surface area contributed by atoms with E-state index in [0.29, 0.717) is 50.6 Å². The van der Waals surface area contributed by atoms with Crippen molar-refractivity contribution in [2.45, 2.75) is 71.4 Å². The van der Waals surface area contributed by atoms with Gasteiger partial charge in [-0.05, 0) is 43.9 Å². The van der Waals surface area contributed by atoms with Crippen molar-refractivity contribution in [2.24, 2.45) is 11.3 Å². The zero-order valence-electron chi connectivity index (χ0n) is 15.9. The number of amides is 1. The van der Waals surface area contributed by atoms with Crippen LogP contribution in [0.25, 0.3) is 0 Å². The van der Waals surface area contributed by atoms with Crippen molar-refractivity contribution in [3.05, 3.63) is 0 Å². The molecular weight excluding hydrogens is 304 g/mol. The van der Waals surface area contributed by atoms with Crippen LogP contribution in [0.2, 0.25) is 0 Å². The monoisotopic (exact) mass is 340 g/mol. The molecule has 2 fully saturated rings. The third-order valence-electron chi connectivity index (χ3n) is 5.77. The summed E-state index contributed by atoms with van der Waals surface area (Å²) >= 11 is 0. The van der Waals surface area contributed by atoms with Crippen LogP contribution < -0.4 is 5.32 Å². The van der Waals surface area contributed by atoms with Crippen LogP contribution in [0.3, 0.4) is 0 Å². The number of hydrogen-bond acceptors (Lipinski definition) is 4. The molecule has 1 aliphatic heterocycles. The van der Waals surface area contributed by atoms with E-state index < -0.39 is 5.60 Å². The average molecular weight is 341 g/mol. The van der Waals surface area contributed by atoms with E-state index in [1.54, 1.807) is 0 Å². The molecule has 140 valence electrons. The van der Waals surface area contributed by atoms with E-state index in [9.17, 15) is 9.90 Å². The predicted octanol–water partition coefficient (Wildman–Crippen LogP) is 2.18. The Morgan fingerprint density at radius 2 is 1.88 bits per heavy atom. The molecule has 1 atom stereocenters. The molecule has 24 heavy (non-hydrogen) atoms. The van der Waals surface area contributed by atoms with Crippen LogP contribution in [0.15, 0.2) is 0 Å². The quantitative estimate of drug-likeness (QED) is 0.805. The zero-order valence-corrected chi connectivity index (χ0v) is 15.9. The molecule has 5 nitrogen and oxygen atoms in total. The van der Waals surface area contributed by atoms with Crippen LogP contribution in [-0.2, 0) is 9.53 Å². The van der Waals surface area contributed by atoms with Gasteiger partial charge in [-0.15, -0.1) is 0 Å². The molecule has 0 bridgehead atoms. The van der Waals surface area contributed by atoms with Gasteiger partial charge in [-0.2, -0.15) is 0 Å². The molecule has 0 aromatic carbocycles. The number of carbonyl (C=O) groups excluding carboxylic acids is 1. The van der Waals surface area contributed by atoms with Crippen molar-refractivity contribution in [1.29, 1.82) is 0 Å². The molecule has 1 saturated carbocycles. The first-order chi connectivity index (χ1) is 11.2. The normalized spacial score (nSPS) is 30.2. The van der Waals surface area contributed by atoms with Crippen LogP contribution in [0.5, 0.6) is 0 Å². The molecule has 2 rings (SSSR count). The smallest absolute Gasteiger partial charge is 0.224 e. The summed E-state index contributed by atoms with van der Waals surface area (Å²) < 4.78 is 5.28. The Labute approximate surface area is 147 Å². The van der Waals surface area contributed by atoms with Crippen molar-refractivity contribution in [1.82, 2.24) is 10.2 Å². The summed E-state index contributed by atoms with van der Waals surface area (Å²) in [6.07, 6.45) is 4.37. The summed E-state index contributed by atoms with van der Waals surface area (Å²) in [6, 6.07) is 0.0877. The maximum atomic E-state index is 12.3. The van der Waals surface area contributed by atoms with Gasteiger partial charge in [0.05, 0.1) is 18.8 Å². The zero-order chi connectivity index (χ0) is 17.8. The Balaban J connectivity index is 1.71. The fourth-order valence-corrected chi connectivity index (χ4v) is 3.84. The fourth-order valence-electron chi connectivity index (χ4n) is 3.84. The Bertz CT molecular complexity index is 405. The lowest BCUT2D eigenvalue weighted by atomic mass is 9.68. The van der Waals surface area contributed by atoms with Crippen LogP contribution in [0.1, 0.15) is 59.8 Å². The standard InChI is InChI=1S/C19H36N2O3/c1-15(13-17(22)21-9-11-24-12-10-21)20-14-19(23)7-5-16(6-8-19)18(2,3)4/h15-16,20,23H,5-14H2,1-4H3. The molecule has 5 heteroatoms. The van der Waals surface area contributed by atoms with Crippen molar-refractivity contribution in [3.8, 4) is 0 Å². The maximum absolute atomic E-state index is 12.3. The highest BCUT2D eigenvalue weighted by atomic mass is 16.5. The molecule has 0 spiro atoms. The van der Waals surface area contributed by atoms with Gasteiger partial charge in [0.15, 0.2) is 0 Å². The van der Waals surface area contributed by atoms with E-state index in [0.717, 1.165) is 25.7 Å². The Morgan fingerprint density at radius 1 is 1.29 bits per heavy atom. The summed E-state index contributed by atoms with van der Waals surface area (Å²) in [5, 5.41) is 14.2. The van der Waals surface area contributed by atoms with Crippen LogP contribution in [0.4, 0.5) is 0 Å². The lowest BCUT2D eigenvalue weighted by molar-refractivity contribution is -0.135. The minimum absolute atomic E-state index is 0.0877. The summed E-state index contributed by atoms with van der Waals surface area (Å²) in [4.78, 5) is 14.1. The van der Waals surface area contributed by atoms with Gasteiger partial charge >= 0.3 is 0 Å². The van der Waals surface area contributed by atoms with E-state index in [1.165, 1.54) is 0 Å². The summed E-state index contributed by atoms with van der Waals surface area (Å²) in [5.74, 6) is 0.875. The van der Waals surface area contributed by atoms with Gasteiger partial charge in [0.2, 0.25) is 5.91 Å². The molecule has 1 amide bonds. The van der Waals surface area contributed by atoms with Crippen LogP contribution in [-0.4, -0.2) is 60.4 Å². The minimum atomic E-state index is -0.613. The van der Waals surface area contributed by atoms with Crippen molar-refractivity contribution >= 4 is 5.91 Å². The number of nitrogens with one attached hydrogen (secondary N) is 1. The van der Waals surface area contributed by atoms with Gasteiger partial charge in [0.25, 0.3) is 0 Å². The molecular formula is C19H36N2O3. The molecule has 0 aromatic rings. The maximum Gasteiger partial charge on any atom is 0.224 e. The number of hydrogen-bond donors (Lipinski definition) is 2. The summed E-state index contributed by atoms with van der Waals surface area (Å²) in [6.45, 7) is 12.2. The fraction of sp³-hybridized carbons (Fsp3) is 0.947. The molecule has 2 N–H and O–H groups in total. The highest BCUT2D eigenvalue weighted by molar-refractivity contribution is 5.76. The van der Waals surface area contributed by atoms with Crippen molar-refractivity contribution in [2.75, 3.05) is 32.8 Å². The average Bonchev–Trinajstić information content (AvgIpc) is 2.53. The Kier molecular flexibility index (Phi) is 6.68. The third-order valence-corrected chi connectivity index (χ3v) is 5.77. The second kappa shape index (κ2) is 8.15. The van der Waals surface area contributed by atoms with Gasteiger partial charge in [0.1, 0.15) is 0 Å². The molecule has 1 aliphatic carbocycles. The first-order valence-electron chi connectivity index (χ1n) is 9.51. The van der Waals surface area contributed by atoms with Gasteiger partial charge in [0, 0.05) is 32.1 Å². The number of morpholine rings is 1. The second-order valence-electron chi connectivity index (χ2n) is 8.84. The van der Waals surface area contributed by atoms with Crippen LogP contribution >= 0.6 is 0 Å². The first-order valence-corrected chi connectivity index (χ1v) is 9.51. The first kappa shape index (κ1) is 19.7. The van der Waals surface area contributed by atoms with Gasteiger partial charge in [-0.3, -0.25) is 4.79 Å². The molecule has 1 saturated heterocycles. The van der Waals surface area contributed by atoms with E-state index in [-0.39, 0.29) is 11.9 Å². The number of aliphatic hydroxyl groups is 1. The molecule has 1 unspecified atom stereocenters. The minimum Gasteiger partial charge on any atom is -0.389 e. The molecule has 2 aliphatic rings. The van der Waals surface area contributed by atoms with E-state index in [2.05, 4.69) is 26.1 Å². The van der Waals surface area contributed by atoms with E-state index in [4.69, 9.17) is 4.74 Å². The lowest BCUT2D eigenvalue weighted by Crippen LogP contribution is -2.48. The number of nitrogens with zero attached hydrogens (tertiary/aromatic N) is 1. The predicted molar refractivity (Wildman–Crippen MR) is 95.8 cm³/mol. The molecule has 0 radical (unpaired) electrons. The highest BCUT2D eigenvalue weighted by Crippen LogP contribution is 2.41. The molecule has 1 heterocycles. The largest absolute Gasteiger partial charge is 0.389 e. The lowest BCUT2D eigenvalue weighted by Gasteiger charge is -2.41. The van der Waals surface area contributed by atoms with Crippen LogP contribution in [0, 0.1) is 11.3 Å². The van der Waals surface area contributed by atoms with Gasteiger partial charge < -0.3 is 20.1 Å². The number of rotatable bonds is 5. The summed E-state index contributed by atoms with van der Waals surface area (Å²) in [5.41, 5.74) is -0.287. The number of carbonyl (C=O) groups is 1. The second-order valence-corrected chi connectivity index (χ2v) is 8.84. The molecule has 0 aromatic heterocycles. The van der Waals surface area contributed by atoms with Crippen molar-refractivity contribution < 1.29 is 14.6 Å². The van der Waals surface area contributed by atoms with E-state index in [1.807, 2.05) is 11.8 Å². The van der Waals surface area contributed by atoms with Gasteiger partial charge in [-0.25, -0.2) is 0 Å². The Hall–Kier alpha value is -0.650. The SMILES string of the molecule is CC(CC(=O)N1CCOCC1)NCC1(O)CCC(C(C)(C)C)CC1.